The van der Waals surface area contributed by atoms with Crippen LogP contribution in [0.3, 0.4) is 0 Å². The van der Waals surface area contributed by atoms with Gasteiger partial charge >= 0.3 is 5.97 Å². The maximum atomic E-state index is 12.9. The number of hydrogen-bond acceptors (Lipinski definition) is 5. The molecule has 44 heavy (non-hydrogen) atoms. The van der Waals surface area contributed by atoms with E-state index in [0.29, 0.717) is 12.8 Å². The summed E-state index contributed by atoms with van der Waals surface area (Å²) < 4.78 is 5.17. The zero-order chi connectivity index (χ0) is 32.4. The molecule has 5 heteroatoms. The molecule has 0 aromatic heterocycles. The SMILES string of the molecule is CC/C=C\C/C=C\C/C=C\CCCCCCCC(=O)C(CCCCCC/C=C\C/C=C\C/C=C\CC)C(=O)OCC(O)CO. The first-order chi connectivity index (χ1) is 21.6. The molecule has 0 heterocycles. The van der Waals surface area contributed by atoms with Gasteiger partial charge < -0.3 is 14.9 Å². The molecule has 2 unspecified atom stereocenters. The monoisotopic (exact) mass is 612 g/mol. The van der Waals surface area contributed by atoms with Gasteiger partial charge in [0.1, 0.15) is 24.4 Å². The number of aliphatic hydroxyl groups is 2. The van der Waals surface area contributed by atoms with Gasteiger partial charge in [-0.15, -0.1) is 0 Å². The minimum atomic E-state index is -1.12. The van der Waals surface area contributed by atoms with Crippen molar-refractivity contribution >= 4 is 11.8 Å². The van der Waals surface area contributed by atoms with Crippen LogP contribution in [0, 0.1) is 5.92 Å². The predicted octanol–water partition coefficient (Wildman–Crippen LogP) is 9.86. The molecule has 0 saturated heterocycles. The number of aliphatic hydroxyl groups excluding tert-OH is 2. The van der Waals surface area contributed by atoms with Gasteiger partial charge in [0.2, 0.25) is 0 Å². The van der Waals surface area contributed by atoms with Crippen LogP contribution in [0.25, 0.3) is 0 Å². The van der Waals surface area contributed by atoms with Crippen molar-refractivity contribution in [1.82, 2.24) is 0 Å². The molecule has 0 saturated carbocycles. The van der Waals surface area contributed by atoms with Crippen LogP contribution < -0.4 is 0 Å². The zero-order valence-corrected chi connectivity index (χ0v) is 28.1. The van der Waals surface area contributed by atoms with Crippen LogP contribution in [0.1, 0.15) is 136 Å². The van der Waals surface area contributed by atoms with E-state index in [-0.39, 0.29) is 12.4 Å². The highest BCUT2D eigenvalue weighted by atomic mass is 16.5. The van der Waals surface area contributed by atoms with Crippen LogP contribution >= 0.6 is 0 Å². The Kier molecular flexibility index (Phi) is 31.5. The summed E-state index contributed by atoms with van der Waals surface area (Å²) in [6.07, 6.45) is 43.5. The summed E-state index contributed by atoms with van der Waals surface area (Å²) in [4.78, 5) is 25.6. The molecule has 0 aliphatic carbocycles. The van der Waals surface area contributed by atoms with Crippen molar-refractivity contribution in [2.75, 3.05) is 13.2 Å². The first-order valence-corrected chi connectivity index (χ1v) is 17.4. The summed E-state index contributed by atoms with van der Waals surface area (Å²) in [5, 5.41) is 18.6. The van der Waals surface area contributed by atoms with Gasteiger partial charge in [0, 0.05) is 6.42 Å². The van der Waals surface area contributed by atoms with Crippen LogP contribution in [0.15, 0.2) is 72.9 Å². The summed E-state index contributed by atoms with van der Waals surface area (Å²) in [5.74, 6) is -1.40. The largest absolute Gasteiger partial charge is 0.462 e. The van der Waals surface area contributed by atoms with E-state index >= 15 is 0 Å². The fourth-order valence-electron chi connectivity index (χ4n) is 4.63. The molecule has 250 valence electrons. The smallest absolute Gasteiger partial charge is 0.316 e. The Morgan fingerprint density at radius 3 is 1.52 bits per heavy atom. The molecule has 0 aliphatic rings. The number of carbonyl (C=O) groups is 2. The van der Waals surface area contributed by atoms with Gasteiger partial charge in [-0.05, 0) is 77.0 Å². The lowest BCUT2D eigenvalue weighted by molar-refractivity contribution is -0.155. The molecule has 0 aliphatic heterocycles. The van der Waals surface area contributed by atoms with Crippen molar-refractivity contribution in [2.24, 2.45) is 5.92 Å². The number of hydrogen-bond donors (Lipinski definition) is 2. The molecule has 2 N–H and O–H groups in total. The Hall–Kier alpha value is -2.50. The standard InChI is InChI=1S/C39H64O5/c1-3-5-7-9-11-13-15-17-19-21-23-25-27-29-31-33-38(42)37(39(43)44-35-36(41)34-40)32-30-28-26-24-22-20-18-16-14-12-10-8-6-4-2/h5-8,11-14,17-20,36-37,40-41H,3-4,9-10,15-16,21-35H2,1-2H3/b7-5-,8-6-,13-11-,14-12-,19-17-,20-18-. The fourth-order valence-corrected chi connectivity index (χ4v) is 4.63. The summed E-state index contributed by atoms with van der Waals surface area (Å²) in [6.45, 7) is 3.53. The van der Waals surface area contributed by atoms with Crippen molar-refractivity contribution in [2.45, 2.75) is 142 Å². The molecule has 2 atom stereocenters. The minimum Gasteiger partial charge on any atom is -0.462 e. The number of carbonyl (C=O) groups excluding carboxylic acids is 2. The number of esters is 1. The molecule has 0 spiro atoms. The average molecular weight is 613 g/mol. The lowest BCUT2D eigenvalue weighted by atomic mass is 9.93. The first kappa shape index (κ1) is 41.5. The second kappa shape index (κ2) is 33.4. The van der Waals surface area contributed by atoms with E-state index in [1.54, 1.807) is 0 Å². The number of ether oxygens (including phenoxy) is 1. The summed E-state index contributed by atoms with van der Waals surface area (Å²) >= 11 is 0. The highest BCUT2D eigenvalue weighted by Crippen LogP contribution is 2.19. The van der Waals surface area contributed by atoms with Crippen molar-refractivity contribution in [3.63, 3.8) is 0 Å². The van der Waals surface area contributed by atoms with Crippen molar-refractivity contribution in [1.29, 1.82) is 0 Å². The number of unbranched alkanes of at least 4 members (excludes halogenated alkanes) is 9. The molecular formula is C39H64O5. The van der Waals surface area contributed by atoms with E-state index in [1.807, 2.05) is 0 Å². The van der Waals surface area contributed by atoms with Crippen LogP contribution in [0.5, 0.6) is 0 Å². The van der Waals surface area contributed by atoms with Crippen molar-refractivity contribution in [3.8, 4) is 0 Å². The van der Waals surface area contributed by atoms with Gasteiger partial charge in [-0.25, -0.2) is 0 Å². The highest BCUT2D eigenvalue weighted by molar-refractivity contribution is 5.98. The molecular weight excluding hydrogens is 548 g/mol. The molecule has 0 fully saturated rings. The van der Waals surface area contributed by atoms with Gasteiger partial charge in [-0.2, -0.15) is 0 Å². The molecule has 0 aromatic rings. The Morgan fingerprint density at radius 2 is 1.02 bits per heavy atom. The highest BCUT2D eigenvalue weighted by Gasteiger charge is 2.27. The Labute approximate surface area is 269 Å². The van der Waals surface area contributed by atoms with E-state index < -0.39 is 24.6 Å². The average Bonchev–Trinajstić information content (AvgIpc) is 3.03. The van der Waals surface area contributed by atoms with E-state index in [9.17, 15) is 14.7 Å². The third-order valence-electron chi connectivity index (χ3n) is 7.27. The van der Waals surface area contributed by atoms with Gasteiger partial charge in [0.15, 0.2) is 0 Å². The van der Waals surface area contributed by atoms with E-state index in [1.165, 1.54) is 0 Å². The van der Waals surface area contributed by atoms with E-state index in [0.717, 1.165) is 109 Å². The third kappa shape index (κ3) is 28.3. The summed E-state index contributed by atoms with van der Waals surface area (Å²) in [6, 6.07) is 0. The quantitative estimate of drug-likeness (QED) is 0.0365. The van der Waals surface area contributed by atoms with Crippen LogP contribution in [-0.4, -0.2) is 41.3 Å². The van der Waals surface area contributed by atoms with Crippen LogP contribution in [0.2, 0.25) is 0 Å². The number of ketones is 1. The molecule has 0 bridgehead atoms. The normalized spacial score (nSPS) is 13.9. The second-order valence-electron chi connectivity index (χ2n) is 11.4. The predicted molar refractivity (Wildman–Crippen MR) is 186 cm³/mol. The van der Waals surface area contributed by atoms with Crippen LogP contribution in [-0.2, 0) is 14.3 Å². The second-order valence-corrected chi connectivity index (χ2v) is 11.4. The van der Waals surface area contributed by atoms with Gasteiger partial charge in [0.05, 0.1) is 6.61 Å². The van der Waals surface area contributed by atoms with Crippen molar-refractivity contribution in [3.05, 3.63) is 72.9 Å². The first-order valence-electron chi connectivity index (χ1n) is 17.4. The number of rotatable bonds is 30. The lowest BCUT2D eigenvalue weighted by Crippen LogP contribution is -2.30. The van der Waals surface area contributed by atoms with Gasteiger partial charge in [-0.1, -0.05) is 125 Å². The molecule has 0 rings (SSSR count). The van der Waals surface area contributed by atoms with E-state index in [2.05, 4.69) is 86.8 Å². The van der Waals surface area contributed by atoms with Gasteiger partial charge in [-0.3, -0.25) is 9.59 Å². The topological polar surface area (TPSA) is 83.8 Å². The minimum absolute atomic E-state index is 0.0594. The lowest BCUT2D eigenvalue weighted by Gasteiger charge is -2.16. The maximum absolute atomic E-state index is 12.9. The van der Waals surface area contributed by atoms with E-state index in [4.69, 9.17) is 9.84 Å². The zero-order valence-electron chi connectivity index (χ0n) is 28.1. The molecule has 5 nitrogen and oxygen atoms in total. The fraction of sp³-hybridized carbons (Fsp3) is 0.641. The summed E-state index contributed by atoms with van der Waals surface area (Å²) in [5.41, 5.74) is 0. The number of Topliss-reactive ketones (excluding diaryl/α,β-unsaturated/α-hetero) is 1. The van der Waals surface area contributed by atoms with Crippen LogP contribution in [0.4, 0.5) is 0 Å². The maximum Gasteiger partial charge on any atom is 0.316 e. The molecule has 0 radical (unpaired) electrons. The molecule has 0 amide bonds. The Morgan fingerprint density at radius 1 is 0.591 bits per heavy atom. The number of allylic oxidation sites excluding steroid dienone is 12. The summed E-state index contributed by atoms with van der Waals surface area (Å²) in [7, 11) is 0. The van der Waals surface area contributed by atoms with Gasteiger partial charge in [0.25, 0.3) is 0 Å². The molecule has 0 aromatic carbocycles. The Bertz CT molecular complexity index is 849. The Balaban J connectivity index is 4.23. The van der Waals surface area contributed by atoms with Crippen molar-refractivity contribution < 1.29 is 24.5 Å². The third-order valence-corrected chi connectivity index (χ3v) is 7.27.